The topological polar surface area (TPSA) is 55.4 Å². The molecular weight excluding hydrogens is 206 g/mol. The monoisotopic (exact) mass is 227 g/mol. The number of ether oxygens (including phenoxy) is 1. The van der Waals surface area contributed by atoms with E-state index < -0.39 is 11.9 Å². The Bertz CT molecular complexity index is 253. The van der Waals surface area contributed by atoms with Crippen molar-refractivity contribution in [2.75, 3.05) is 13.2 Å². The van der Waals surface area contributed by atoms with E-state index in [1.54, 1.807) is 6.92 Å². The lowest BCUT2D eigenvalue weighted by Gasteiger charge is -2.28. The zero-order chi connectivity index (χ0) is 12.0. The first kappa shape index (κ1) is 13.0. The van der Waals surface area contributed by atoms with Crippen molar-refractivity contribution in [1.82, 2.24) is 5.32 Å². The van der Waals surface area contributed by atoms with Gasteiger partial charge in [-0.25, -0.2) is 4.79 Å². The molecule has 0 aromatic carbocycles. The van der Waals surface area contributed by atoms with Gasteiger partial charge < -0.3 is 10.1 Å². The van der Waals surface area contributed by atoms with Crippen LogP contribution >= 0.6 is 0 Å². The van der Waals surface area contributed by atoms with Crippen LogP contribution in [0.25, 0.3) is 0 Å². The molecular formula is C12H21NO3. The van der Waals surface area contributed by atoms with Gasteiger partial charge in [0, 0.05) is 6.54 Å². The lowest BCUT2D eigenvalue weighted by Crippen LogP contribution is -2.38. The van der Waals surface area contributed by atoms with Gasteiger partial charge in [-0.05, 0) is 25.2 Å². The quantitative estimate of drug-likeness (QED) is 0.587. The second-order valence-electron chi connectivity index (χ2n) is 4.45. The van der Waals surface area contributed by atoms with E-state index in [4.69, 9.17) is 0 Å². The molecule has 1 aliphatic carbocycles. The van der Waals surface area contributed by atoms with Crippen LogP contribution in [0.3, 0.4) is 0 Å². The third-order valence-electron chi connectivity index (χ3n) is 3.27. The van der Waals surface area contributed by atoms with Crippen molar-refractivity contribution in [2.24, 2.45) is 11.8 Å². The van der Waals surface area contributed by atoms with Crippen LogP contribution < -0.4 is 5.32 Å². The van der Waals surface area contributed by atoms with Gasteiger partial charge in [0.25, 0.3) is 0 Å². The first-order valence-electron chi connectivity index (χ1n) is 6.10. The second kappa shape index (κ2) is 6.51. The SMILES string of the molecule is CCOC(=O)C(=O)NCC1CCCCC1C. The minimum Gasteiger partial charge on any atom is -0.459 e. The van der Waals surface area contributed by atoms with Gasteiger partial charge in [0.2, 0.25) is 0 Å². The van der Waals surface area contributed by atoms with Gasteiger partial charge in [0.15, 0.2) is 0 Å². The normalized spacial score (nSPS) is 24.9. The van der Waals surface area contributed by atoms with Crippen LogP contribution in [0.1, 0.15) is 39.5 Å². The maximum absolute atomic E-state index is 11.3. The smallest absolute Gasteiger partial charge is 0.396 e. The predicted molar refractivity (Wildman–Crippen MR) is 60.8 cm³/mol. The standard InChI is InChI=1S/C12H21NO3/c1-3-16-12(15)11(14)13-8-10-7-5-4-6-9(10)2/h9-10H,3-8H2,1-2H3,(H,13,14). The fourth-order valence-corrected chi connectivity index (χ4v) is 2.19. The van der Waals surface area contributed by atoms with Crippen molar-refractivity contribution in [1.29, 1.82) is 0 Å². The van der Waals surface area contributed by atoms with Gasteiger partial charge in [-0.2, -0.15) is 0 Å². The van der Waals surface area contributed by atoms with E-state index in [0.29, 0.717) is 18.4 Å². The Hall–Kier alpha value is -1.06. The van der Waals surface area contributed by atoms with Crippen LogP contribution in [-0.4, -0.2) is 25.0 Å². The zero-order valence-corrected chi connectivity index (χ0v) is 10.1. The van der Waals surface area contributed by atoms with E-state index in [9.17, 15) is 9.59 Å². The summed E-state index contributed by atoms with van der Waals surface area (Å²) in [4.78, 5) is 22.4. The van der Waals surface area contributed by atoms with Crippen molar-refractivity contribution in [2.45, 2.75) is 39.5 Å². The summed E-state index contributed by atoms with van der Waals surface area (Å²) in [6, 6.07) is 0. The van der Waals surface area contributed by atoms with Crippen LogP contribution in [0.2, 0.25) is 0 Å². The zero-order valence-electron chi connectivity index (χ0n) is 10.1. The van der Waals surface area contributed by atoms with Gasteiger partial charge in [-0.3, -0.25) is 4.79 Å². The fraction of sp³-hybridized carbons (Fsp3) is 0.833. The summed E-state index contributed by atoms with van der Waals surface area (Å²) in [6.07, 6.45) is 4.87. The molecule has 4 heteroatoms. The summed E-state index contributed by atoms with van der Waals surface area (Å²) in [5.74, 6) is -0.242. The highest BCUT2D eigenvalue weighted by Gasteiger charge is 2.23. The molecule has 0 saturated heterocycles. The summed E-state index contributed by atoms with van der Waals surface area (Å²) in [7, 11) is 0. The fourth-order valence-electron chi connectivity index (χ4n) is 2.19. The number of hydrogen-bond donors (Lipinski definition) is 1. The molecule has 1 N–H and O–H groups in total. The predicted octanol–water partition coefficient (Wildman–Crippen LogP) is 1.49. The number of rotatable bonds is 3. The Kier molecular flexibility index (Phi) is 5.29. The highest BCUT2D eigenvalue weighted by Crippen LogP contribution is 2.28. The first-order chi connectivity index (χ1) is 7.65. The number of carbonyl (C=O) groups is 2. The molecule has 16 heavy (non-hydrogen) atoms. The van der Waals surface area contributed by atoms with E-state index in [-0.39, 0.29) is 6.61 Å². The number of amides is 1. The third-order valence-corrected chi connectivity index (χ3v) is 3.27. The van der Waals surface area contributed by atoms with Crippen LogP contribution in [0.4, 0.5) is 0 Å². The maximum Gasteiger partial charge on any atom is 0.396 e. The summed E-state index contributed by atoms with van der Waals surface area (Å²) < 4.78 is 4.62. The average molecular weight is 227 g/mol. The molecule has 0 radical (unpaired) electrons. The summed E-state index contributed by atoms with van der Waals surface area (Å²) in [5.41, 5.74) is 0. The number of nitrogens with one attached hydrogen (secondary N) is 1. The van der Waals surface area contributed by atoms with Gasteiger partial charge in [-0.15, -0.1) is 0 Å². The molecule has 0 spiro atoms. The highest BCUT2D eigenvalue weighted by atomic mass is 16.5. The largest absolute Gasteiger partial charge is 0.459 e. The molecule has 1 aliphatic rings. The van der Waals surface area contributed by atoms with Crippen molar-refractivity contribution in [3.8, 4) is 0 Å². The second-order valence-corrected chi connectivity index (χ2v) is 4.45. The minimum atomic E-state index is -0.772. The lowest BCUT2D eigenvalue weighted by atomic mass is 9.80. The Morgan fingerprint density at radius 1 is 1.31 bits per heavy atom. The molecule has 92 valence electrons. The Balaban J connectivity index is 2.27. The summed E-state index contributed by atoms with van der Waals surface area (Å²) in [6.45, 7) is 4.74. The first-order valence-corrected chi connectivity index (χ1v) is 6.10. The van der Waals surface area contributed by atoms with Gasteiger partial charge >= 0.3 is 11.9 Å². The molecule has 2 unspecified atom stereocenters. The van der Waals surface area contributed by atoms with Crippen LogP contribution in [0.5, 0.6) is 0 Å². The summed E-state index contributed by atoms with van der Waals surface area (Å²) >= 11 is 0. The lowest BCUT2D eigenvalue weighted by molar-refractivity contribution is -0.154. The molecule has 2 atom stereocenters. The molecule has 4 nitrogen and oxygen atoms in total. The van der Waals surface area contributed by atoms with Crippen LogP contribution in [-0.2, 0) is 14.3 Å². The summed E-state index contributed by atoms with van der Waals surface area (Å²) in [5, 5.41) is 2.65. The van der Waals surface area contributed by atoms with Gasteiger partial charge in [0.05, 0.1) is 6.61 Å². The highest BCUT2D eigenvalue weighted by molar-refractivity contribution is 6.32. The van der Waals surface area contributed by atoms with E-state index in [0.717, 1.165) is 6.42 Å². The molecule has 1 fully saturated rings. The molecule has 0 bridgehead atoms. The van der Waals surface area contributed by atoms with E-state index in [2.05, 4.69) is 17.0 Å². The molecule has 1 rings (SSSR count). The molecule has 0 aromatic heterocycles. The Labute approximate surface area is 96.7 Å². The van der Waals surface area contributed by atoms with Gasteiger partial charge in [-0.1, -0.05) is 26.2 Å². The minimum absolute atomic E-state index is 0.242. The number of esters is 1. The Morgan fingerprint density at radius 3 is 2.62 bits per heavy atom. The van der Waals surface area contributed by atoms with E-state index >= 15 is 0 Å². The number of hydrogen-bond acceptors (Lipinski definition) is 3. The Morgan fingerprint density at radius 2 is 2.00 bits per heavy atom. The van der Waals surface area contributed by atoms with Crippen LogP contribution in [0.15, 0.2) is 0 Å². The third kappa shape index (κ3) is 3.83. The molecule has 1 amide bonds. The van der Waals surface area contributed by atoms with E-state index in [1.165, 1.54) is 19.3 Å². The average Bonchev–Trinajstić information content (AvgIpc) is 2.28. The van der Waals surface area contributed by atoms with Gasteiger partial charge in [0.1, 0.15) is 0 Å². The number of carbonyl (C=O) groups excluding carboxylic acids is 2. The van der Waals surface area contributed by atoms with Crippen molar-refractivity contribution < 1.29 is 14.3 Å². The van der Waals surface area contributed by atoms with Crippen molar-refractivity contribution in [3.63, 3.8) is 0 Å². The molecule has 0 aliphatic heterocycles. The van der Waals surface area contributed by atoms with E-state index in [1.807, 2.05) is 0 Å². The molecule has 0 heterocycles. The molecule has 1 saturated carbocycles. The van der Waals surface area contributed by atoms with Crippen molar-refractivity contribution >= 4 is 11.9 Å². The maximum atomic E-state index is 11.3. The molecule has 0 aromatic rings. The van der Waals surface area contributed by atoms with Crippen molar-refractivity contribution in [3.05, 3.63) is 0 Å². The van der Waals surface area contributed by atoms with Crippen LogP contribution in [0, 0.1) is 11.8 Å².